The van der Waals surface area contributed by atoms with Crippen molar-refractivity contribution in [3.63, 3.8) is 0 Å². The summed E-state index contributed by atoms with van der Waals surface area (Å²) in [6, 6.07) is 8.53. The van der Waals surface area contributed by atoms with E-state index in [2.05, 4.69) is 41.5 Å². The second kappa shape index (κ2) is 6.95. The fourth-order valence-corrected chi connectivity index (χ4v) is 1.81. The lowest BCUT2D eigenvalue weighted by molar-refractivity contribution is 0.317. The van der Waals surface area contributed by atoms with Crippen LogP contribution in [0.1, 0.15) is 37.4 Å². The minimum absolute atomic E-state index is 0.287. The van der Waals surface area contributed by atoms with E-state index in [0.29, 0.717) is 0 Å². The first-order valence-electron chi connectivity index (χ1n) is 6.73. The molecule has 0 saturated carbocycles. The minimum Gasteiger partial charge on any atom is -0.494 e. The molecule has 0 aliphatic heterocycles. The van der Waals surface area contributed by atoms with Gasteiger partial charge in [0.1, 0.15) is 5.75 Å². The van der Waals surface area contributed by atoms with E-state index in [9.17, 15) is 0 Å². The molecule has 0 aliphatic rings. The van der Waals surface area contributed by atoms with Crippen LogP contribution >= 0.6 is 0 Å². The van der Waals surface area contributed by atoms with Gasteiger partial charge in [-0.3, -0.25) is 5.10 Å². The van der Waals surface area contributed by atoms with Gasteiger partial charge in [-0.05, 0) is 31.0 Å². The molecule has 0 fully saturated rings. The van der Waals surface area contributed by atoms with Gasteiger partial charge in [-0.25, -0.2) is 0 Å². The molecule has 19 heavy (non-hydrogen) atoms. The van der Waals surface area contributed by atoms with Gasteiger partial charge in [0, 0.05) is 24.3 Å². The van der Waals surface area contributed by atoms with Gasteiger partial charge in [-0.15, -0.1) is 0 Å². The summed E-state index contributed by atoms with van der Waals surface area (Å²) < 4.78 is 5.56. The van der Waals surface area contributed by atoms with Crippen molar-refractivity contribution in [2.24, 2.45) is 0 Å². The highest BCUT2D eigenvalue weighted by Crippen LogP contribution is 2.14. The van der Waals surface area contributed by atoms with Gasteiger partial charge in [-0.1, -0.05) is 19.1 Å². The van der Waals surface area contributed by atoms with E-state index in [4.69, 9.17) is 4.74 Å². The summed E-state index contributed by atoms with van der Waals surface area (Å²) in [6.45, 7) is 5.84. The number of ether oxygens (including phenoxy) is 1. The van der Waals surface area contributed by atoms with Crippen LogP contribution in [-0.4, -0.2) is 16.8 Å². The maximum absolute atomic E-state index is 5.56. The third-order valence-corrected chi connectivity index (χ3v) is 3.03. The summed E-state index contributed by atoms with van der Waals surface area (Å²) in [5, 5.41) is 10.2. The summed E-state index contributed by atoms with van der Waals surface area (Å²) >= 11 is 0. The Bertz CT molecular complexity index is 465. The smallest absolute Gasteiger partial charge is 0.119 e. The third-order valence-electron chi connectivity index (χ3n) is 3.03. The molecule has 1 aromatic heterocycles. The number of nitrogens with zero attached hydrogens (tertiary/aromatic N) is 1. The zero-order valence-electron chi connectivity index (χ0n) is 11.5. The van der Waals surface area contributed by atoms with Gasteiger partial charge in [-0.2, -0.15) is 5.10 Å². The van der Waals surface area contributed by atoms with Crippen molar-refractivity contribution >= 4 is 0 Å². The topological polar surface area (TPSA) is 49.9 Å². The van der Waals surface area contributed by atoms with E-state index < -0.39 is 0 Å². The van der Waals surface area contributed by atoms with Crippen LogP contribution in [-0.2, 0) is 6.54 Å². The third kappa shape index (κ3) is 4.10. The molecule has 4 heteroatoms. The number of aromatic amines is 1. The summed E-state index contributed by atoms with van der Waals surface area (Å²) in [7, 11) is 0. The Morgan fingerprint density at radius 2 is 2.11 bits per heavy atom. The molecule has 0 bridgehead atoms. The molecule has 1 atom stereocenters. The number of H-pyrrole nitrogens is 1. The van der Waals surface area contributed by atoms with Gasteiger partial charge in [0.2, 0.25) is 0 Å². The summed E-state index contributed by atoms with van der Waals surface area (Å²) in [4.78, 5) is 0. The summed E-state index contributed by atoms with van der Waals surface area (Å²) in [5.74, 6) is 0.938. The Balaban J connectivity index is 1.82. The fourth-order valence-electron chi connectivity index (χ4n) is 1.81. The Kier molecular flexibility index (Phi) is 4.98. The van der Waals surface area contributed by atoms with E-state index in [0.717, 1.165) is 25.3 Å². The molecule has 0 aliphatic carbocycles. The van der Waals surface area contributed by atoms with E-state index in [1.165, 1.54) is 11.1 Å². The molecule has 1 heterocycles. The number of aromatic nitrogens is 2. The monoisotopic (exact) mass is 259 g/mol. The van der Waals surface area contributed by atoms with Crippen molar-refractivity contribution in [3.8, 4) is 5.75 Å². The first kappa shape index (κ1) is 13.6. The molecule has 1 aromatic carbocycles. The molecule has 102 valence electrons. The molecule has 0 radical (unpaired) electrons. The van der Waals surface area contributed by atoms with Crippen LogP contribution < -0.4 is 10.1 Å². The van der Waals surface area contributed by atoms with E-state index >= 15 is 0 Å². The van der Waals surface area contributed by atoms with Gasteiger partial charge >= 0.3 is 0 Å². The lowest BCUT2D eigenvalue weighted by Crippen LogP contribution is -2.17. The highest BCUT2D eigenvalue weighted by molar-refractivity contribution is 5.27. The molecule has 2 rings (SSSR count). The molecule has 0 saturated heterocycles. The Hall–Kier alpha value is -1.81. The fraction of sp³-hybridized carbons (Fsp3) is 0.400. The Labute approximate surface area is 114 Å². The highest BCUT2D eigenvalue weighted by Gasteiger charge is 2.05. The molecule has 2 aromatic rings. The molecular formula is C15H21N3O. The predicted octanol–water partition coefficient (Wildman–Crippen LogP) is 3.05. The average molecular weight is 259 g/mol. The highest BCUT2D eigenvalue weighted by atomic mass is 16.5. The van der Waals surface area contributed by atoms with Gasteiger partial charge in [0.25, 0.3) is 0 Å². The number of rotatable bonds is 7. The van der Waals surface area contributed by atoms with Gasteiger partial charge < -0.3 is 10.1 Å². The lowest BCUT2D eigenvalue weighted by Gasteiger charge is -2.12. The standard InChI is InChI=1S/C15H21N3O/c1-3-8-19-15-6-4-13(5-7-15)9-16-12(2)14-10-17-18-11-14/h4-7,10-12,16H,3,8-9H2,1-2H3,(H,17,18). The molecule has 1 unspecified atom stereocenters. The number of nitrogens with one attached hydrogen (secondary N) is 2. The van der Waals surface area contributed by atoms with Crippen molar-refractivity contribution < 1.29 is 4.74 Å². The number of benzene rings is 1. The summed E-state index contributed by atoms with van der Waals surface area (Å²) in [6.07, 6.45) is 4.80. The van der Waals surface area contributed by atoms with Crippen molar-refractivity contribution in [2.45, 2.75) is 32.9 Å². The zero-order chi connectivity index (χ0) is 13.5. The molecule has 0 spiro atoms. The first-order chi connectivity index (χ1) is 9.29. The number of hydrogen-bond acceptors (Lipinski definition) is 3. The second-order valence-electron chi connectivity index (χ2n) is 4.63. The van der Waals surface area contributed by atoms with Crippen LogP contribution in [0.3, 0.4) is 0 Å². The lowest BCUT2D eigenvalue weighted by atomic mass is 10.1. The van der Waals surface area contributed by atoms with Crippen molar-refractivity contribution in [2.75, 3.05) is 6.61 Å². The van der Waals surface area contributed by atoms with Crippen molar-refractivity contribution in [1.29, 1.82) is 0 Å². The molecule has 4 nitrogen and oxygen atoms in total. The van der Waals surface area contributed by atoms with Crippen LogP contribution in [0.5, 0.6) is 5.75 Å². The predicted molar refractivity (Wildman–Crippen MR) is 76.1 cm³/mol. The van der Waals surface area contributed by atoms with Crippen LogP contribution in [0.4, 0.5) is 0 Å². The van der Waals surface area contributed by atoms with Crippen LogP contribution in [0.25, 0.3) is 0 Å². The minimum atomic E-state index is 0.287. The first-order valence-corrected chi connectivity index (χ1v) is 6.73. The van der Waals surface area contributed by atoms with E-state index in [1.54, 1.807) is 0 Å². The molecular weight excluding hydrogens is 238 g/mol. The average Bonchev–Trinajstić information content (AvgIpc) is 2.98. The van der Waals surface area contributed by atoms with E-state index in [1.807, 2.05) is 24.5 Å². The summed E-state index contributed by atoms with van der Waals surface area (Å²) in [5.41, 5.74) is 2.42. The maximum Gasteiger partial charge on any atom is 0.119 e. The van der Waals surface area contributed by atoms with Crippen molar-refractivity contribution in [3.05, 3.63) is 47.8 Å². The van der Waals surface area contributed by atoms with Gasteiger partial charge in [0.05, 0.1) is 12.8 Å². The second-order valence-corrected chi connectivity index (χ2v) is 4.63. The SMILES string of the molecule is CCCOc1ccc(CNC(C)c2cn[nH]c2)cc1. The quantitative estimate of drug-likeness (QED) is 0.803. The van der Waals surface area contributed by atoms with Crippen LogP contribution in [0, 0.1) is 0 Å². The zero-order valence-corrected chi connectivity index (χ0v) is 11.5. The van der Waals surface area contributed by atoms with Crippen LogP contribution in [0.15, 0.2) is 36.7 Å². The van der Waals surface area contributed by atoms with Crippen LogP contribution in [0.2, 0.25) is 0 Å². The van der Waals surface area contributed by atoms with Crippen molar-refractivity contribution in [1.82, 2.24) is 15.5 Å². The van der Waals surface area contributed by atoms with E-state index in [-0.39, 0.29) is 6.04 Å². The van der Waals surface area contributed by atoms with Gasteiger partial charge in [0.15, 0.2) is 0 Å². The largest absolute Gasteiger partial charge is 0.494 e. The normalized spacial score (nSPS) is 12.3. The Morgan fingerprint density at radius 3 is 2.74 bits per heavy atom. The number of hydrogen-bond donors (Lipinski definition) is 2. The Morgan fingerprint density at radius 1 is 1.32 bits per heavy atom. The maximum atomic E-state index is 5.56. The molecule has 2 N–H and O–H groups in total. The molecule has 0 amide bonds.